The van der Waals surface area contributed by atoms with Gasteiger partial charge in [0.1, 0.15) is 0 Å². The van der Waals surface area contributed by atoms with Gasteiger partial charge in [0, 0.05) is 5.71 Å². The minimum atomic E-state index is 0.846. The Morgan fingerprint density at radius 3 is 1.47 bits per heavy atom. The third kappa shape index (κ3) is 3.18. The van der Waals surface area contributed by atoms with Gasteiger partial charge in [0.05, 0.1) is 22.9 Å². The van der Waals surface area contributed by atoms with Crippen molar-refractivity contribution >= 4 is 28.6 Å². The molecule has 2 rings (SSSR count). The number of nitrogens with zero attached hydrogens (tertiary/aromatic N) is 1. The standard InChI is InChI=1S/C13H22IN/c14-15-13(11-7-3-1-4-8-11)12-9-5-2-6-10-12/h11-12H,1-10H2. The highest BCUT2D eigenvalue weighted by Gasteiger charge is 2.26. The summed E-state index contributed by atoms with van der Waals surface area (Å²) >= 11 is 2.24. The Labute approximate surface area is 108 Å². The van der Waals surface area contributed by atoms with Crippen LogP contribution in [0.1, 0.15) is 64.2 Å². The Hall–Kier alpha value is 0.400. The average Bonchev–Trinajstić information content (AvgIpc) is 2.33. The summed E-state index contributed by atoms with van der Waals surface area (Å²) in [6.07, 6.45) is 14.3. The van der Waals surface area contributed by atoms with Gasteiger partial charge in [-0.2, -0.15) is 0 Å². The zero-order chi connectivity index (χ0) is 10.5. The van der Waals surface area contributed by atoms with Crippen LogP contribution in [-0.2, 0) is 0 Å². The lowest BCUT2D eigenvalue weighted by atomic mass is 9.76. The molecule has 2 saturated carbocycles. The summed E-state index contributed by atoms with van der Waals surface area (Å²) < 4.78 is 4.62. The summed E-state index contributed by atoms with van der Waals surface area (Å²) in [4.78, 5) is 0. The molecule has 0 unspecified atom stereocenters. The van der Waals surface area contributed by atoms with E-state index in [2.05, 4.69) is 26.1 Å². The van der Waals surface area contributed by atoms with Crippen LogP contribution in [0.3, 0.4) is 0 Å². The number of halogens is 1. The summed E-state index contributed by atoms with van der Waals surface area (Å²) in [5.41, 5.74) is 1.58. The topological polar surface area (TPSA) is 12.4 Å². The second-order valence-corrected chi connectivity index (χ2v) is 5.66. The lowest BCUT2D eigenvalue weighted by molar-refractivity contribution is 0.389. The molecule has 0 amide bonds. The highest BCUT2D eigenvalue weighted by atomic mass is 127. The van der Waals surface area contributed by atoms with Crippen LogP contribution in [0.4, 0.5) is 0 Å². The number of hydrogen-bond donors (Lipinski definition) is 0. The Morgan fingerprint density at radius 1 is 0.733 bits per heavy atom. The van der Waals surface area contributed by atoms with Crippen LogP contribution < -0.4 is 0 Å². The molecular formula is C13H22IN. The highest BCUT2D eigenvalue weighted by Crippen LogP contribution is 2.34. The van der Waals surface area contributed by atoms with Gasteiger partial charge in [0.2, 0.25) is 0 Å². The highest BCUT2D eigenvalue weighted by molar-refractivity contribution is 14.1. The molecule has 86 valence electrons. The number of rotatable bonds is 2. The lowest BCUT2D eigenvalue weighted by Crippen LogP contribution is -2.26. The largest absolute Gasteiger partial charge is 0.224 e. The predicted octanol–water partition coefficient (Wildman–Crippen LogP) is 4.94. The Balaban J connectivity index is 1.95. The second kappa shape index (κ2) is 6.21. The van der Waals surface area contributed by atoms with Gasteiger partial charge in [0.15, 0.2) is 0 Å². The third-order valence-electron chi connectivity index (χ3n) is 4.14. The van der Waals surface area contributed by atoms with E-state index in [9.17, 15) is 0 Å². The normalized spacial score (nSPS) is 25.1. The first-order chi connectivity index (χ1) is 7.42. The monoisotopic (exact) mass is 319 g/mol. The van der Waals surface area contributed by atoms with E-state index in [0.29, 0.717) is 0 Å². The van der Waals surface area contributed by atoms with Crippen LogP contribution in [0.15, 0.2) is 3.21 Å². The molecule has 1 nitrogen and oxygen atoms in total. The molecule has 0 aliphatic heterocycles. The van der Waals surface area contributed by atoms with Gasteiger partial charge in [0.25, 0.3) is 0 Å². The van der Waals surface area contributed by atoms with E-state index in [1.165, 1.54) is 64.2 Å². The summed E-state index contributed by atoms with van der Waals surface area (Å²) in [5, 5.41) is 0. The van der Waals surface area contributed by atoms with E-state index in [-0.39, 0.29) is 0 Å². The van der Waals surface area contributed by atoms with E-state index < -0.39 is 0 Å². The van der Waals surface area contributed by atoms with E-state index >= 15 is 0 Å². The first-order valence-electron chi connectivity index (χ1n) is 6.60. The Morgan fingerprint density at radius 2 is 1.13 bits per heavy atom. The van der Waals surface area contributed by atoms with Crippen molar-refractivity contribution in [3.63, 3.8) is 0 Å². The fourth-order valence-corrected chi connectivity index (χ4v) is 4.06. The van der Waals surface area contributed by atoms with Crippen LogP contribution in [0, 0.1) is 11.8 Å². The smallest absolute Gasteiger partial charge is 0.0830 e. The molecule has 0 heterocycles. The van der Waals surface area contributed by atoms with Gasteiger partial charge in [-0.05, 0) is 37.5 Å². The lowest BCUT2D eigenvalue weighted by Gasteiger charge is -2.30. The van der Waals surface area contributed by atoms with Crippen LogP contribution in [0.5, 0.6) is 0 Å². The van der Waals surface area contributed by atoms with Crippen molar-refractivity contribution in [3.05, 3.63) is 0 Å². The second-order valence-electron chi connectivity index (χ2n) is 5.18. The molecule has 0 aromatic carbocycles. The molecule has 0 aromatic heterocycles. The Bertz CT molecular complexity index is 193. The zero-order valence-corrected chi connectivity index (χ0v) is 11.7. The van der Waals surface area contributed by atoms with E-state index in [1.54, 1.807) is 5.71 Å². The van der Waals surface area contributed by atoms with Crippen LogP contribution >= 0.6 is 22.9 Å². The summed E-state index contributed by atoms with van der Waals surface area (Å²) in [5.74, 6) is 1.69. The maximum absolute atomic E-state index is 4.62. The zero-order valence-electron chi connectivity index (χ0n) is 9.55. The molecule has 2 heteroatoms. The molecule has 2 aliphatic rings. The molecule has 0 N–H and O–H groups in total. The quantitative estimate of drug-likeness (QED) is 0.505. The predicted molar refractivity (Wildman–Crippen MR) is 74.6 cm³/mol. The first-order valence-corrected chi connectivity index (χ1v) is 7.57. The SMILES string of the molecule is IN=C(C1CCCCC1)C1CCCCC1. The van der Waals surface area contributed by atoms with E-state index in [0.717, 1.165) is 11.8 Å². The van der Waals surface area contributed by atoms with Crippen molar-refractivity contribution in [2.24, 2.45) is 15.0 Å². The molecule has 0 aromatic rings. The van der Waals surface area contributed by atoms with E-state index in [1.807, 2.05) is 0 Å². The number of hydrogen-bond acceptors (Lipinski definition) is 1. The molecule has 0 atom stereocenters. The van der Waals surface area contributed by atoms with Gasteiger partial charge in [-0.25, -0.2) is 3.21 Å². The average molecular weight is 319 g/mol. The fraction of sp³-hybridized carbons (Fsp3) is 0.923. The maximum Gasteiger partial charge on any atom is 0.0830 e. The maximum atomic E-state index is 4.62. The van der Waals surface area contributed by atoms with Crippen molar-refractivity contribution in [3.8, 4) is 0 Å². The van der Waals surface area contributed by atoms with Gasteiger partial charge >= 0.3 is 0 Å². The molecule has 0 spiro atoms. The van der Waals surface area contributed by atoms with Crippen molar-refractivity contribution in [2.75, 3.05) is 0 Å². The summed E-state index contributed by atoms with van der Waals surface area (Å²) in [6, 6.07) is 0. The summed E-state index contributed by atoms with van der Waals surface area (Å²) in [7, 11) is 0. The molecule has 2 fully saturated rings. The van der Waals surface area contributed by atoms with Crippen molar-refractivity contribution < 1.29 is 0 Å². The summed E-state index contributed by atoms with van der Waals surface area (Å²) in [6.45, 7) is 0. The van der Waals surface area contributed by atoms with Crippen LogP contribution in [0.25, 0.3) is 0 Å². The van der Waals surface area contributed by atoms with Gasteiger partial charge < -0.3 is 0 Å². The molecule has 15 heavy (non-hydrogen) atoms. The molecular weight excluding hydrogens is 297 g/mol. The van der Waals surface area contributed by atoms with Crippen molar-refractivity contribution in [1.82, 2.24) is 0 Å². The van der Waals surface area contributed by atoms with Gasteiger partial charge in [-0.1, -0.05) is 38.5 Å². The van der Waals surface area contributed by atoms with Gasteiger partial charge in [-0.3, -0.25) is 0 Å². The van der Waals surface area contributed by atoms with Crippen LogP contribution in [0.2, 0.25) is 0 Å². The molecule has 2 aliphatic carbocycles. The minimum absolute atomic E-state index is 0.846. The fourth-order valence-electron chi connectivity index (χ4n) is 3.27. The van der Waals surface area contributed by atoms with Gasteiger partial charge in [-0.15, -0.1) is 0 Å². The molecule has 0 saturated heterocycles. The van der Waals surface area contributed by atoms with Crippen LogP contribution in [-0.4, -0.2) is 5.71 Å². The van der Waals surface area contributed by atoms with Crippen molar-refractivity contribution in [2.45, 2.75) is 64.2 Å². The minimum Gasteiger partial charge on any atom is -0.224 e. The third-order valence-corrected chi connectivity index (χ3v) is 4.70. The Kier molecular flexibility index (Phi) is 4.92. The van der Waals surface area contributed by atoms with Crippen molar-refractivity contribution in [1.29, 1.82) is 0 Å². The molecule has 0 radical (unpaired) electrons. The first kappa shape index (κ1) is 11.9. The molecule has 0 bridgehead atoms. The van der Waals surface area contributed by atoms with E-state index in [4.69, 9.17) is 0 Å².